The maximum Gasteiger partial charge on any atom is 0.230 e. The van der Waals surface area contributed by atoms with Crippen LogP contribution in [0.15, 0.2) is 12.5 Å². The second kappa shape index (κ2) is 5.13. The molecule has 0 radical (unpaired) electrons. The molecule has 2 rings (SSSR count). The summed E-state index contributed by atoms with van der Waals surface area (Å²) in [5.74, 6) is -0.417. The number of rotatable bonds is 4. The number of piperidine rings is 1. The van der Waals surface area contributed by atoms with Crippen molar-refractivity contribution in [2.24, 2.45) is 5.41 Å². The van der Waals surface area contributed by atoms with E-state index in [9.17, 15) is 14.7 Å². The lowest BCUT2D eigenvalue weighted by Crippen LogP contribution is -2.53. The number of likely N-dealkylation sites (tertiary alicyclic amines) is 1. The Labute approximate surface area is 111 Å². The van der Waals surface area contributed by atoms with Crippen LogP contribution in [0.4, 0.5) is 0 Å². The molecule has 2 N–H and O–H groups in total. The number of aromatic nitrogens is 2. The average Bonchev–Trinajstić information content (AvgIpc) is 2.77. The number of nitrogens with one attached hydrogen (secondary N) is 1. The number of carbonyl (C=O) groups excluding carboxylic acids is 2. The average molecular weight is 265 g/mol. The fourth-order valence-corrected chi connectivity index (χ4v) is 2.49. The van der Waals surface area contributed by atoms with E-state index in [0.717, 1.165) is 5.69 Å². The number of imidazole rings is 1. The van der Waals surface area contributed by atoms with Crippen LogP contribution in [0.25, 0.3) is 0 Å². The Morgan fingerprint density at radius 2 is 2.05 bits per heavy atom. The van der Waals surface area contributed by atoms with Gasteiger partial charge in [-0.1, -0.05) is 13.8 Å². The molecule has 1 aliphatic rings. The fourth-order valence-electron chi connectivity index (χ4n) is 2.49. The molecule has 0 aliphatic carbocycles. The quantitative estimate of drug-likeness (QED) is 0.776. The number of hydrogen-bond donors (Lipinski definition) is 2. The van der Waals surface area contributed by atoms with E-state index in [1.165, 1.54) is 11.2 Å². The van der Waals surface area contributed by atoms with Crippen molar-refractivity contribution >= 4 is 11.8 Å². The third kappa shape index (κ3) is 3.01. The highest BCUT2D eigenvalue weighted by atomic mass is 16.3. The Hall–Kier alpha value is -1.69. The van der Waals surface area contributed by atoms with Gasteiger partial charge in [-0.15, -0.1) is 0 Å². The summed E-state index contributed by atoms with van der Waals surface area (Å²) in [6.45, 7) is 3.57. The highest BCUT2D eigenvalue weighted by Gasteiger charge is 2.40. The predicted molar refractivity (Wildman–Crippen MR) is 68.0 cm³/mol. The second-order valence-corrected chi connectivity index (χ2v) is 5.79. The molecular weight excluding hydrogens is 246 g/mol. The Morgan fingerprint density at radius 3 is 2.53 bits per heavy atom. The Kier molecular flexibility index (Phi) is 3.71. The van der Waals surface area contributed by atoms with Crippen molar-refractivity contribution in [2.75, 3.05) is 6.61 Å². The lowest BCUT2D eigenvalue weighted by atomic mass is 9.81. The van der Waals surface area contributed by atoms with Gasteiger partial charge in [-0.3, -0.25) is 14.5 Å². The van der Waals surface area contributed by atoms with E-state index < -0.39 is 6.04 Å². The predicted octanol–water partition coefficient (Wildman–Crippen LogP) is 0.488. The summed E-state index contributed by atoms with van der Waals surface area (Å²) < 4.78 is 0. The Bertz CT molecular complexity index is 447. The Balaban J connectivity index is 2.14. The zero-order valence-corrected chi connectivity index (χ0v) is 11.2. The highest BCUT2D eigenvalue weighted by Crippen LogP contribution is 2.32. The van der Waals surface area contributed by atoms with Gasteiger partial charge in [0.2, 0.25) is 11.8 Å². The van der Waals surface area contributed by atoms with E-state index in [4.69, 9.17) is 0 Å². The van der Waals surface area contributed by atoms with Gasteiger partial charge in [0.1, 0.15) is 0 Å². The van der Waals surface area contributed by atoms with Crippen molar-refractivity contribution in [1.29, 1.82) is 0 Å². The Morgan fingerprint density at radius 1 is 1.42 bits per heavy atom. The smallest absolute Gasteiger partial charge is 0.230 e. The minimum Gasteiger partial charge on any atom is -0.394 e. The third-order valence-electron chi connectivity index (χ3n) is 3.38. The molecule has 0 spiro atoms. The number of aliphatic hydroxyl groups excluding tert-OH is 1. The van der Waals surface area contributed by atoms with Gasteiger partial charge in [0.05, 0.1) is 19.0 Å². The summed E-state index contributed by atoms with van der Waals surface area (Å²) in [5.41, 5.74) is 0.503. The summed E-state index contributed by atoms with van der Waals surface area (Å²) in [4.78, 5) is 32.3. The number of hydrogen-bond acceptors (Lipinski definition) is 4. The van der Waals surface area contributed by atoms with Gasteiger partial charge >= 0.3 is 0 Å². The zero-order chi connectivity index (χ0) is 14.0. The molecule has 1 unspecified atom stereocenters. The molecule has 2 amide bonds. The monoisotopic (exact) mass is 265 g/mol. The number of amides is 2. The number of H-pyrrole nitrogens is 1. The van der Waals surface area contributed by atoms with Crippen LogP contribution >= 0.6 is 0 Å². The molecule has 0 aromatic carbocycles. The van der Waals surface area contributed by atoms with E-state index in [0.29, 0.717) is 19.3 Å². The normalized spacial score (nSPS) is 20.7. The van der Waals surface area contributed by atoms with Crippen LogP contribution in [0.5, 0.6) is 0 Å². The molecule has 1 saturated heterocycles. The minimum absolute atomic E-state index is 0.209. The van der Waals surface area contributed by atoms with Crippen LogP contribution in [0.3, 0.4) is 0 Å². The molecule has 2 heterocycles. The molecule has 1 aliphatic heterocycles. The van der Waals surface area contributed by atoms with Crippen molar-refractivity contribution in [1.82, 2.24) is 14.9 Å². The molecule has 19 heavy (non-hydrogen) atoms. The molecule has 1 aromatic heterocycles. The lowest BCUT2D eigenvalue weighted by Gasteiger charge is -2.38. The van der Waals surface area contributed by atoms with Gasteiger partial charge in [0.25, 0.3) is 0 Å². The maximum absolute atomic E-state index is 12.1. The van der Waals surface area contributed by atoms with Crippen molar-refractivity contribution in [3.05, 3.63) is 18.2 Å². The number of aliphatic hydroxyl groups is 1. The van der Waals surface area contributed by atoms with Gasteiger partial charge in [0.15, 0.2) is 0 Å². The van der Waals surface area contributed by atoms with E-state index >= 15 is 0 Å². The summed E-state index contributed by atoms with van der Waals surface area (Å²) in [6, 6.07) is -0.517. The molecule has 6 nitrogen and oxygen atoms in total. The molecule has 104 valence electrons. The number of nitrogens with zero attached hydrogens (tertiary/aromatic N) is 2. The van der Waals surface area contributed by atoms with Gasteiger partial charge < -0.3 is 10.1 Å². The standard InChI is InChI=1S/C13H19N3O3/c1-13(2)4-11(18)16(12(19)5-13)10(7-17)3-9-6-14-8-15-9/h6,8,10,17H,3-5,7H2,1-2H3,(H,14,15). The van der Waals surface area contributed by atoms with Crippen molar-refractivity contribution in [3.8, 4) is 0 Å². The second-order valence-electron chi connectivity index (χ2n) is 5.79. The largest absolute Gasteiger partial charge is 0.394 e. The summed E-state index contributed by atoms with van der Waals surface area (Å²) in [7, 11) is 0. The minimum atomic E-state index is -0.517. The number of imide groups is 1. The van der Waals surface area contributed by atoms with Crippen LogP contribution in [0.1, 0.15) is 32.4 Å². The maximum atomic E-state index is 12.1. The summed E-state index contributed by atoms with van der Waals surface area (Å²) >= 11 is 0. The number of aromatic amines is 1. The van der Waals surface area contributed by atoms with E-state index in [1.807, 2.05) is 13.8 Å². The lowest BCUT2D eigenvalue weighted by molar-refractivity contribution is -0.156. The first-order valence-electron chi connectivity index (χ1n) is 6.36. The van der Waals surface area contributed by atoms with E-state index in [2.05, 4.69) is 9.97 Å². The highest BCUT2D eigenvalue weighted by molar-refractivity contribution is 5.98. The van der Waals surface area contributed by atoms with E-state index in [1.54, 1.807) is 6.20 Å². The summed E-state index contributed by atoms with van der Waals surface area (Å²) in [6.07, 6.45) is 4.23. The van der Waals surface area contributed by atoms with Crippen molar-refractivity contribution < 1.29 is 14.7 Å². The van der Waals surface area contributed by atoms with Gasteiger partial charge in [-0.25, -0.2) is 4.98 Å². The molecule has 1 fully saturated rings. The zero-order valence-electron chi connectivity index (χ0n) is 11.2. The first kappa shape index (κ1) is 13.7. The fraction of sp³-hybridized carbons (Fsp3) is 0.615. The molecule has 0 bridgehead atoms. The van der Waals surface area contributed by atoms with Gasteiger partial charge in [-0.2, -0.15) is 0 Å². The van der Waals surface area contributed by atoms with Crippen molar-refractivity contribution in [2.45, 2.75) is 39.2 Å². The van der Waals surface area contributed by atoms with Crippen LogP contribution in [0.2, 0.25) is 0 Å². The first-order valence-corrected chi connectivity index (χ1v) is 6.36. The molecule has 1 atom stereocenters. The van der Waals surface area contributed by atoms with Crippen molar-refractivity contribution in [3.63, 3.8) is 0 Å². The third-order valence-corrected chi connectivity index (χ3v) is 3.38. The first-order chi connectivity index (χ1) is 8.93. The molecule has 6 heteroatoms. The number of carbonyl (C=O) groups is 2. The van der Waals surface area contributed by atoms with Crippen LogP contribution < -0.4 is 0 Å². The SMILES string of the molecule is CC1(C)CC(=O)N(C(CO)Cc2cnc[nH]2)C(=O)C1. The molecule has 1 aromatic rings. The van der Waals surface area contributed by atoms with Crippen LogP contribution in [0, 0.1) is 5.41 Å². The molecular formula is C13H19N3O3. The molecule has 0 saturated carbocycles. The summed E-state index contributed by atoms with van der Waals surface area (Å²) in [5, 5.41) is 9.46. The van der Waals surface area contributed by atoms with Gasteiger partial charge in [-0.05, 0) is 5.41 Å². The van der Waals surface area contributed by atoms with Crippen LogP contribution in [-0.2, 0) is 16.0 Å². The van der Waals surface area contributed by atoms with E-state index in [-0.39, 0.29) is 23.8 Å². The topological polar surface area (TPSA) is 86.3 Å². The van der Waals surface area contributed by atoms with Gasteiger partial charge in [0, 0.05) is 31.2 Å². The van der Waals surface area contributed by atoms with Crippen LogP contribution in [-0.4, -0.2) is 44.4 Å².